The van der Waals surface area contributed by atoms with Gasteiger partial charge in [-0.05, 0) is 32.0 Å². The molecule has 25 heavy (non-hydrogen) atoms. The van der Waals surface area contributed by atoms with Gasteiger partial charge in [0.1, 0.15) is 28.8 Å². The Labute approximate surface area is 143 Å². The van der Waals surface area contributed by atoms with Gasteiger partial charge in [-0.1, -0.05) is 0 Å². The molecule has 9 heteroatoms. The summed E-state index contributed by atoms with van der Waals surface area (Å²) in [6.45, 7) is 3.14. The van der Waals surface area contributed by atoms with E-state index in [4.69, 9.17) is 9.15 Å². The minimum absolute atomic E-state index is 0.0326. The molecule has 132 valence electrons. The Kier molecular flexibility index (Phi) is 4.19. The van der Waals surface area contributed by atoms with Gasteiger partial charge in [-0.2, -0.15) is 13.2 Å². The molecule has 1 N–H and O–H groups in total. The molecule has 0 saturated carbocycles. The Morgan fingerprint density at radius 3 is 2.72 bits per heavy atom. The Balaban J connectivity index is 1.88. The topological polar surface area (TPSA) is 72.6 Å². The first-order chi connectivity index (χ1) is 11.7. The van der Waals surface area contributed by atoms with Gasteiger partial charge in [-0.15, -0.1) is 11.3 Å². The van der Waals surface area contributed by atoms with E-state index < -0.39 is 23.3 Å². The summed E-state index contributed by atoms with van der Waals surface area (Å²) in [7, 11) is 0. The Hall–Kier alpha value is -2.55. The second-order valence-corrected chi connectivity index (χ2v) is 6.38. The van der Waals surface area contributed by atoms with Crippen molar-refractivity contribution in [3.63, 3.8) is 0 Å². The van der Waals surface area contributed by atoms with Gasteiger partial charge in [0.2, 0.25) is 0 Å². The van der Waals surface area contributed by atoms with Crippen LogP contribution in [-0.4, -0.2) is 16.1 Å². The van der Waals surface area contributed by atoms with E-state index in [1.54, 1.807) is 26.0 Å². The lowest BCUT2D eigenvalue weighted by atomic mass is 10.1. The molecule has 0 aliphatic heterocycles. The number of fused-ring (bicyclic) bond motifs is 1. The molecule has 0 bridgehead atoms. The van der Waals surface area contributed by atoms with Crippen molar-refractivity contribution in [2.75, 3.05) is 0 Å². The van der Waals surface area contributed by atoms with Gasteiger partial charge >= 0.3 is 12.1 Å². The van der Waals surface area contributed by atoms with E-state index >= 15 is 0 Å². The number of alkyl halides is 3. The molecule has 2 aromatic heterocycles. The number of rotatable bonds is 4. The number of hydrogen-bond donors (Lipinski definition) is 1. The number of thiazole rings is 1. The molecule has 0 radical (unpaired) electrons. The zero-order chi connectivity index (χ0) is 18.4. The van der Waals surface area contributed by atoms with Crippen LogP contribution in [0.25, 0.3) is 11.0 Å². The highest BCUT2D eigenvalue weighted by molar-refractivity contribution is 7.11. The molecule has 1 aromatic carbocycles. The van der Waals surface area contributed by atoms with Crippen LogP contribution in [0.15, 0.2) is 28.8 Å². The smallest absolute Gasteiger partial charge is 0.443 e. The second-order valence-electron chi connectivity index (χ2n) is 5.32. The number of aromatic nitrogens is 1. The lowest BCUT2D eigenvalue weighted by molar-refractivity contribution is -0.137. The maximum atomic E-state index is 12.6. The lowest BCUT2D eigenvalue weighted by Gasteiger charge is -2.12. The van der Waals surface area contributed by atoms with Crippen molar-refractivity contribution in [3.8, 4) is 5.75 Å². The fourth-order valence-electron chi connectivity index (χ4n) is 2.41. The normalized spacial score (nSPS) is 13.2. The molecule has 3 aromatic rings. The first kappa shape index (κ1) is 17.3. The summed E-state index contributed by atoms with van der Waals surface area (Å²) in [5, 5.41) is 8.70. The highest BCUT2D eigenvalue weighted by Gasteiger charge is 2.35. The van der Waals surface area contributed by atoms with Crippen LogP contribution in [0.2, 0.25) is 0 Å². The summed E-state index contributed by atoms with van der Waals surface area (Å²) in [6.07, 6.45) is -4.04. The molecule has 0 fully saturated rings. The predicted molar refractivity (Wildman–Crippen MR) is 84.1 cm³/mol. The number of carboxylic acid groups (broad SMARTS) is 1. The molecular weight excluding hydrogens is 359 g/mol. The monoisotopic (exact) mass is 371 g/mol. The number of aryl methyl sites for hydroxylation is 1. The maximum Gasteiger partial charge on any atom is 0.443 e. The molecule has 1 atom stereocenters. The van der Waals surface area contributed by atoms with Gasteiger partial charge in [0.25, 0.3) is 0 Å². The van der Waals surface area contributed by atoms with Crippen LogP contribution in [0.5, 0.6) is 5.75 Å². The third kappa shape index (κ3) is 3.32. The van der Waals surface area contributed by atoms with Gasteiger partial charge in [0.15, 0.2) is 5.01 Å². The highest BCUT2D eigenvalue weighted by Crippen LogP contribution is 2.36. The second kappa shape index (κ2) is 6.07. The summed E-state index contributed by atoms with van der Waals surface area (Å²) in [5.74, 6) is -0.533. The number of halogens is 3. The van der Waals surface area contributed by atoms with Crippen LogP contribution in [0, 0.1) is 6.92 Å². The molecule has 5 nitrogen and oxygen atoms in total. The average molecular weight is 371 g/mol. The van der Waals surface area contributed by atoms with Crippen LogP contribution < -0.4 is 4.74 Å². The Morgan fingerprint density at radius 1 is 1.40 bits per heavy atom. The summed E-state index contributed by atoms with van der Waals surface area (Å²) in [6, 6.07) is 4.63. The number of ether oxygens (including phenoxy) is 1. The van der Waals surface area contributed by atoms with Crippen LogP contribution >= 0.6 is 11.3 Å². The highest BCUT2D eigenvalue weighted by atomic mass is 32.1. The molecule has 0 amide bonds. The van der Waals surface area contributed by atoms with Gasteiger partial charge in [0.05, 0.1) is 4.88 Å². The van der Waals surface area contributed by atoms with E-state index in [-0.39, 0.29) is 11.3 Å². The molecule has 0 aliphatic rings. The lowest BCUT2D eigenvalue weighted by Crippen LogP contribution is -2.03. The molecular formula is C16H12F3NO4S. The summed E-state index contributed by atoms with van der Waals surface area (Å²) < 4.78 is 48.9. The molecule has 0 saturated heterocycles. The van der Waals surface area contributed by atoms with Gasteiger partial charge in [-0.25, -0.2) is 9.78 Å². The quantitative estimate of drug-likeness (QED) is 0.694. The third-order valence-electron chi connectivity index (χ3n) is 3.53. The van der Waals surface area contributed by atoms with Crippen molar-refractivity contribution in [2.45, 2.75) is 26.1 Å². The van der Waals surface area contributed by atoms with Crippen molar-refractivity contribution in [2.24, 2.45) is 0 Å². The molecule has 2 heterocycles. The fraction of sp³-hybridized carbons (Fsp3) is 0.250. The van der Waals surface area contributed by atoms with Gasteiger partial charge in [-0.3, -0.25) is 0 Å². The van der Waals surface area contributed by atoms with Crippen molar-refractivity contribution >= 4 is 28.3 Å². The van der Waals surface area contributed by atoms with Gasteiger partial charge in [0, 0.05) is 11.6 Å². The standard InChI is InChI=1S/C16H12F3NO4S/c1-7(12-6-20-15(25-12)16(17,18)19)23-9-3-4-11-10(5-9)13(14(21)22)8(2)24-11/h3-7H,1-2H3,(H,21,22). The summed E-state index contributed by atoms with van der Waals surface area (Å²) in [5.41, 5.74) is 0.428. The number of carboxylic acids is 1. The number of aromatic carboxylic acids is 1. The number of benzene rings is 1. The van der Waals surface area contributed by atoms with E-state index in [9.17, 15) is 23.1 Å². The fourth-order valence-corrected chi connectivity index (χ4v) is 3.17. The van der Waals surface area contributed by atoms with Crippen LogP contribution in [0.4, 0.5) is 13.2 Å². The number of hydrogen-bond acceptors (Lipinski definition) is 5. The average Bonchev–Trinajstić information content (AvgIpc) is 3.10. The number of furan rings is 1. The first-order valence-electron chi connectivity index (χ1n) is 7.13. The maximum absolute atomic E-state index is 12.6. The van der Waals surface area contributed by atoms with Crippen molar-refractivity contribution in [1.29, 1.82) is 0 Å². The first-order valence-corrected chi connectivity index (χ1v) is 7.94. The zero-order valence-corrected chi connectivity index (χ0v) is 13.9. The number of nitrogens with zero attached hydrogens (tertiary/aromatic N) is 1. The van der Waals surface area contributed by atoms with Gasteiger partial charge < -0.3 is 14.3 Å². The zero-order valence-electron chi connectivity index (χ0n) is 13.0. The van der Waals surface area contributed by atoms with Crippen molar-refractivity contribution in [1.82, 2.24) is 4.98 Å². The molecule has 0 spiro atoms. The van der Waals surface area contributed by atoms with Crippen LogP contribution in [0.3, 0.4) is 0 Å². The van der Waals surface area contributed by atoms with Crippen molar-refractivity contribution in [3.05, 3.63) is 45.6 Å². The Morgan fingerprint density at radius 2 is 2.12 bits per heavy atom. The molecule has 1 unspecified atom stereocenters. The molecule has 0 aliphatic carbocycles. The largest absolute Gasteiger partial charge is 0.485 e. The van der Waals surface area contributed by atoms with E-state index in [0.717, 1.165) is 6.20 Å². The van der Waals surface area contributed by atoms with Crippen LogP contribution in [0.1, 0.15) is 39.0 Å². The summed E-state index contributed by atoms with van der Waals surface area (Å²) in [4.78, 5) is 15.0. The van der Waals surface area contributed by atoms with E-state index in [2.05, 4.69) is 4.98 Å². The van der Waals surface area contributed by atoms with E-state index in [1.165, 1.54) is 6.07 Å². The third-order valence-corrected chi connectivity index (χ3v) is 4.73. The van der Waals surface area contributed by atoms with E-state index in [1.807, 2.05) is 0 Å². The van der Waals surface area contributed by atoms with Crippen LogP contribution in [-0.2, 0) is 6.18 Å². The minimum atomic E-state index is -4.49. The van der Waals surface area contributed by atoms with Crippen molar-refractivity contribution < 1.29 is 32.2 Å². The Bertz CT molecular complexity index is 945. The molecule has 3 rings (SSSR count). The summed E-state index contributed by atoms with van der Waals surface area (Å²) >= 11 is 0.509. The predicted octanol–water partition coefficient (Wildman–Crippen LogP) is 5.05. The van der Waals surface area contributed by atoms with E-state index in [0.29, 0.717) is 32.9 Å². The number of carbonyl (C=O) groups is 1. The SMILES string of the molecule is Cc1oc2ccc(OC(C)c3cnc(C(F)(F)F)s3)cc2c1C(=O)O. The minimum Gasteiger partial charge on any atom is -0.485 e.